The number of nitrogens with one attached hydrogen (secondary N) is 1. The molecule has 1 saturated heterocycles. The Balaban J connectivity index is 1.29. The molecule has 7 nitrogen and oxygen atoms in total. The van der Waals surface area contributed by atoms with Gasteiger partial charge in [0.25, 0.3) is 5.78 Å². The first-order chi connectivity index (χ1) is 13.3. The lowest BCUT2D eigenvalue weighted by Crippen LogP contribution is -2.48. The molecule has 1 fully saturated rings. The normalized spacial score (nSPS) is 21.3. The van der Waals surface area contributed by atoms with Crippen molar-refractivity contribution in [1.29, 1.82) is 0 Å². The zero-order valence-electron chi connectivity index (χ0n) is 14.8. The number of benzene rings is 1. The van der Waals surface area contributed by atoms with Crippen molar-refractivity contribution in [3.05, 3.63) is 66.3 Å². The van der Waals surface area contributed by atoms with Gasteiger partial charge in [-0.15, -0.1) is 5.10 Å². The lowest BCUT2D eigenvalue weighted by molar-refractivity contribution is 0.179. The molecule has 0 spiro atoms. The van der Waals surface area contributed by atoms with Crippen LogP contribution in [0.1, 0.15) is 30.7 Å². The molecule has 2 amide bonds. The van der Waals surface area contributed by atoms with Gasteiger partial charge in [-0.3, -0.25) is 0 Å². The molecule has 0 aliphatic carbocycles. The molecule has 2 aliphatic heterocycles. The summed E-state index contributed by atoms with van der Waals surface area (Å²) in [4.78, 5) is 23.3. The van der Waals surface area contributed by atoms with Gasteiger partial charge in [-0.1, -0.05) is 36.4 Å². The van der Waals surface area contributed by atoms with Gasteiger partial charge in [0.2, 0.25) is 0 Å². The number of hydrogen-bond acceptors (Lipinski definition) is 4. The quantitative estimate of drug-likeness (QED) is 0.779. The van der Waals surface area contributed by atoms with E-state index in [1.807, 2.05) is 11.0 Å². The van der Waals surface area contributed by atoms with Crippen LogP contribution in [0.2, 0.25) is 0 Å². The highest BCUT2D eigenvalue weighted by Crippen LogP contribution is 2.38. The number of carbonyl (C=O) groups is 1. The molecule has 0 radical (unpaired) electrons. The third-order valence-corrected chi connectivity index (χ3v) is 5.33. The van der Waals surface area contributed by atoms with Crippen LogP contribution < -0.4 is 5.32 Å². The van der Waals surface area contributed by atoms with E-state index in [-0.39, 0.29) is 18.1 Å². The van der Waals surface area contributed by atoms with Gasteiger partial charge in [0.1, 0.15) is 0 Å². The summed E-state index contributed by atoms with van der Waals surface area (Å²) < 4.78 is 1.61. The van der Waals surface area contributed by atoms with Crippen LogP contribution in [-0.4, -0.2) is 42.6 Å². The van der Waals surface area contributed by atoms with E-state index in [1.54, 1.807) is 23.0 Å². The molecule has 27 heavy (non-hydrogen) atoms. The van der Waals surface area contributed by atoms with Crippen molar-refractivity contribution >= 4 is 17.4 Å². The third-order valence-electron chi connectivity index (χ3n) is 5.33. The fraction of sp³-hybridized carbons (Fsp3) is 0.300. The Morgan fingerprint density at radius 2 is 2.07 bits per heavy atom. The Morgan fingerprint density at radius 3 is 2.89 bits per heavy atom. The minimum absolute atomic E-state index is 0.0438. The van der Waals surface area contributed by atoms with Crippen LogP contribution in [0, 0.1) is 0 Å². The topological polar surface area (TPSA) is 75.4 Å². The fourth-order valence-electron chi connectivity index (χ4n) is 4.11. The molecule has 2 atom stereocenters. The molecule has 2 aliphatic rings. The number of urea groups is 1. The van der Waals surface area contributed by atoms with Crippen molar-refractivity contribution in [2.75, 3.05) is 0 Å². The van der Waals surface area contributed by atoms with E-state index in [1.165, 1.54) is 11.1 Å². The molecule has 1 N–H and O–H groups in total. The Bertz CT molecular complexity index is 978. The predicted molar refractivity (Wildman–Crippen MR) is 101 cm³/mol. The summed E-state index contributed by atoms with van der Waals surface area (Å²) in [5, 5.41) is 7.31. The van der Waals surface area contributed by atoms with Gasteiger partial charge < -0.3 is 10.2 Å². The Kier molecular flexibility index (Phi) is 3.85. The first kappa shape index (κ1) is 16.0. The second kappa shape index (κ2) is 6.50. The summed E-state index contributed by atoms with van der Waals surface area (Å²) in [7, 11) is 0. The molecule has 136 valence electrons. The Labute approximate surface area is 156 Å². The highest BCUT2D eigenvalue weighted by molar-refractivity contribution is 5.78. The average molecular weight is 360 g/mol. The molecule has 1 aromatic carbocycles. The Morgan fingerprint density at radius 1 is 1.19 bits per heavy atom. The smallest absolute Gasteiger partial charge is 0.318 e. The predicted octanol–water partition coefficient (Wildman–Crippen LogP) is 2.65. The number of carbonyl (C=O) groups excluding carboxylic acids is 1. The molecule has 2 bridgehead atoms. The van der Waals surface area contributed by atoms with Crippen LogP contribution in [0.4, 0.5) is 4.79 Å². The lowest BCUT2D eigenvalue weighted by atomic mass is 9.95. The summed E-state index contributed by atoms with van der Waals surface area (Å²) in [6.07, 6.45) is 8.69. The zero-order chi connectivity index (χ0) is 18.2. The molecule has 4 heterocycles. The number of aromatic nitrogens is 4. The summed E-state index contributed by atoms with van der Waals surface area (Å²) >= 11 is 0. The van der Waals surface area contributed by atoms with Gasteiger partial charge in [-0.2, -0.15) is 4.98 Å². The molecule has 3 aromatic rings. The van der Waals surface area contributed by atoms with Crippen molar-refractivity contribution < 1.29 is 4.79 Å². The summed E-state index contributed by atoms with van der Waals surface area (Å²) in [5.74, 6) is 1.10. The van der Waals surface area contributed by atoms with E-state index in [0.29, 0.717) is 18.1 Å². The van der Waals surface area contributed by atoms with Crippen LogP contribution in [-0.2, 0) is 6.54 Å². The van der Waals surface area contributed by atoms with Crippen molar-refractivity contribution in [2.24, 2.45) is 0 Å². The maximum Gasteiger partial charge on any atom is 0.318 e. The van der Waals surface area contributed by atoms with Crippen molar-refractivity contribution in [2.45, 2.75) is 37.9 Å². The maximum atomic E-state index is 12.8. The standard InChI is InChI=1S/C20H20N6O/c27-20(22-13-18-23-19-21-9-4-10-25(19)24-18)26-16-7-8-17(26)12-15(11-16)14-5-2-1-3-6-14/h1-6,9-11,16-17H,7-8,12-13H2,(H,22,27). The fourth-order valence-corrected chi connectivity index (χ4v) is 4.11. The molecule has 2 aromatic heterocycles. The average Bonchev–Trinajstić information content (AvgIpc) is 3.24. The van der Waals surface area contributed by atoms with E-state index in [0.717, 1.165) is 19.3 Å². The van der Waals surface area contributed by atoms with E-state index in [2.05, 4.69) is 50.7 Å². The van der Waals surface area contributed by atoms with Crippen molar-refractivity contribution in [3.8, 4) is 0 Å². The first-order valence-electron chi connectivity index (χ1n) is 9.26. The minimum atomic E-state index is -0.0438. The number of amides is 2. The van der Waals surface area contributed by atoms with E-state index >= 15 is 0 Å². The minimum Gasteiger partial charge on any atom is -0.331 e. The van der Waals surface area contributed by atoms with Gasteiger partial charge in [0.05, 0.1) is 12.6 Å². The van der Waals surface area contributed by atoms with Crippen LogP contribution in [0.25, 0.3) is 11.4 Å². The van der Waals surface area contributed by atoms with Gasteiger partial charge in [0.15, 0.2) is 5.82 Å². The lowest BCUT2D eigenvalue weighted by Gasteiger charge is -2.34. The van der Waals surface area contributed by atoms with E-state index < -0.39 is 0 Å². The molecule has 7 heteroatoms. The van der Waals surface area contributed by atoms with E-state index in [4.69, 9.17) is 0 Å². The monoisotopic (exact) mass is 360 g/mol. The van der Waals surface area contributed by atoms with Gasteiger partial charge in [-0.25, -0.2) is 14.3 Å². The van der Waals surface area contributed by atoms with Crippen LogP contribution in [0.3, 0.4) is 0 Å². The number of rotatable bonds is 3. The largest absolute Gasteiger partial charge is 0.331 e. The van der Waals surface area contributed by atoms with Crippen molar-refractivity contribution in [1.82, 2.24) is 29.8 Å². The third kappa shape index (κ3) is 2.95. The number of nitrogens with zero attached hydrogens (tertiary/aromatic N) is 5. The Hall–Kier alpha value is -3.22. The number of fused-ring (bicyclic) bond motifs is 3. The van der Waals surface area contributed by atoms with Crippen LogP contribution >= 0.6 is 0 Å². The SMILES string of the molecule is O=C(NCc1nc2ncccn2n1)N1C2C=C(c3ccccc3)CC1CC2. The zero-order valence-corrected chi connectivity index (χ0v) is 14.8. The first-order valence-corrected chi connectivity index (χ1v) is 9.26. The highest BCUT2D eigenvalue weighted by atomic mass is 16.2. The summed E-state index contributed by atoms with van der Waals surface area (Å²) in [6.45, 7) is 0.299. The summed E-state index contributed by atoms with van der Waals surface area (Å²) in [6, 6.07) is 12.6. The second-order valence-corrected chi connectivity index (χ2v) is 7.02. The molecular formula is C20H20N6O. The van der Waals surface area contributed by atoms with Gasteiger partial charge >= 0.3 is 6.03 Å². The molecule has 5 rings (SSSR count). The van der Waals surface area contributed by atoms with Crippen LogP contribution in [0.15, 0.2) is 54.9 Å². The molecular weight excluding hydrogens is 340 g/mol. The van der Waals surface area contributed by atoms with Crippen molar-refractivity contribution in [3.63, 3.8) is 0 Å². The number of hydrogen-bond donors (Lipinski definition) is 1. The second-order valence-electron chi connectivity index (χ2n) is 7.02. The molecule has 2 unspecified atom stereocenters. The van der Waals surface area contributed by atoms with E-state index in [9.17, 15) is 4.79 Å². The molecule has 0 saturated carbocycles. The van der Waals surface area contributed by atoms with Gasteiger partial charge in [-0.05, 0) is 36.5 Å². The summed E-state index contributed by atoms with van der Waals surface area (Å²) in [5.41, 5.74) is 2.61. The van der Waals surface area contributed by atoms with Gasteiger partial charge in [0, 0.05) is 18.4 Å². The van der Waals surface area contributed by atoms with Crippen LogP contribution in [0.5, 0.6) is 0 Å². The highest BCUT2D eigenvalue weighted by Gasteiger charge is 2.39. The maximum absolute atomic E-state index is 12.8.